The Kier molecular flexibility index (Phi) is 5.41. The van der Waals surface area contributed by atoms with Gasteiger partial charge >= 0.3 is 0 Å². The van der Waals surface area contributed by atoms with Gasteiger partial charge in [0.1, 0.15) is 5.69 Å². The molecule has 0 saturated heterocycles. The first kappa shape index (κ1) is 15.9. The van der Waals surface area contributed by atoms with Crippen LogP contribution >= 0.6 is 0 Å². The van der Waals surface area contributed by atoms with Crippen LogP contribution in [-0.2, 0) is 6.54 Å². The normalized spacial score (nSPS) is 10.3. The average molecular weight is 299 g/mol. The zero-order chi connectivity index (χ0) is 15.9. The van der Waals surface area contributed by atoms with E-state index in [0.717, 1.165) is 24.3 Å². The van der Waals surface area contributed by atoms with E-state index in [-0.39, 0.29) is 5.91 Å². The number of anilines is 1. The molecule has 1 amide bonds. The van der Waals surface area contributed by atoms with E-state index in [1.807, 2.05) is 37.8 Å². The van der Waals surface area contributed by atoms with Gasteiger partial charge in [-0.15, -0.1) is 0 Å². The number of amides is 1. The van der Waals surface area contributed by atoms with Gasteiger partial charge < -0.3 is 10.2 Å². The summed E-state index contributed by atoms with van der Waals surface area (Å²) in [5.41, 5.74) is 2.12. The van der Waals surface area contributed by atoms with Crippen LogP contribution < -0.4 is 10.2 Å². The van der Waals surface area contributed by atoms with E-state index in [1.165, 1.54) is 0 Å². The molecule has 2 aromatic heterocycles. The maximum Gasteiger partial charge on any atom is 0.270 e. The summed E-state index contributed by atoms with van der Waals surface area (Å²) in [5.74, 6) is 0.388. The summed E-state index contributed by atoms with van der Waals surface area (Å²) in [6, 6.07) is 5.46. The Balaban J connectivity index is 2.12. The van der Waals surface area contributed by atoms with Crippen molar-refractivity contribution in [2.45, 2.75) is 27.3 Å². The molecule has 0 radical (unpaired) electrons. The number of nitrogens with zero attached hydrogens (tertiary/aromatic N) is 4. The molecule has 22 heavy (non-hydrogen) atoms. The molecule has 1 N–H and O–H groups in total. The highest BCUT2D eigenvalue weighted by Gasteiger charge is 2.13. The molecule has 6 nitrogen and oxygen atoms in total. The van der Waals surface area contributed by atoms with Crippen LogP contribution in [0.4, 0.5) is 5.95 Å². The lowest BCUT2D eigenvalue weighted by molar-refractivity contribution is 0.0945. The van der Waals surface area contributed by atoms with E-state index in [9.17, 15) is 4.79 Å². The summed E-state index contributed by atoms with van der Waals surface area (Å²) in [5, 5.41) is 2.86. The largest absolute Gasteiger partial charge is 0.347 e. The molecule has 0 atom stereocenters. The third-order valence-electron chi connectivity index (χ3n) is 3.30. The zero-order valence-electron chi connectivity index (χ0n) is 13.2. The Morgan fingerprint density at radius 3 is 2.68 bits per heavy atom. The highest BCUT2D eigenvalue weighted by molar-refractivity contribution is 5.92. The van der Waals surface area contributed by atoms with Crippen molar-refractivity contribution < 1.29 is 4.79 Å². The number of aryl methyl sites for hydroxylation is 1. The van der Waals surface area contributed by atoms with Gasteiger partial charge in [-0.05, 0) is 38.5 Å². The van der Waals surface area contributed by atoms with Gasteiger partial charge in [-0.25, -0.2) is 9.97 Å². The smallest absolute Gasteiger partial charge is 0.270 e. The minimum Gasteiger partial charge on any atom is -0.347 e. The number of carbonyl (C=O) groups excluding carboxylic acids is 1. The number of pyridine rings is 1. The molecule has 6 heteroatoms. The van der Waals surface area contributed by atoms with Crippen molar-refractivity contribution in [2.24, 2.45) is 0 Å². The van der Waals surface area contributed by atoms with Gasteiger partial charge in [0.2, 0.25) is 5.95 Å². The molecular weight excluding hydrogens is 278 g/mol. The van der Waals surface area contributed by atoms with Crippen LogP contribution in [0.15, 0.2) is 30.6 Å². The Hall–Kier alpha value is -2.50. The molecule has 0 unspecified atom stereocenters. The molecule has 0 bridgehead atoms. The van der Waals surface area contributed by atoms with Crippen LogP contribution in [0, 0.1) is 6.92 Å². The predicted octanol–water partition coefficient (Wildman–Crippen LogP) is 1.96. The first-order valence-corrected chi connectivity index (χ1v) is 7.41. The van der Waals surface area contributed by atoms with Crippen molar-refractivity contribution in [2.75, 3.05) is 18.0 Å². The summed E-state index contributed by atoms with van der Waals surface area (Å²) in [6.07, 6.45) is 3.43. The van der Waals surface area contributed by atoms with Gasteiger partial charge in [0.15, 0.2) is 0 Å². The van der Waals surface area contributed by atoms with E-state index < -0.39 is 0 Å². The number of hydrogen-bond donors (Lipinski definition) is 1. The number of aromatic nitrogens is 3. The van der Waals surface area contributed by atoms with E-state index in [0.29, 0.717) is 18.2 Å². The standard InChI is InChI=1S/C16H21N5O/c1-4-21(5-2)16-19-12(3)9-14(20-16)15(22)18-11-13-7-6-8-17-10-13/h6-10H,4-5,11H2,1-3H3,(H,18,22). The third-order valence-corrected chi connectivity index (χ3v) is 3.30. The third kappa shape index (κ3) is 4.00. The summed E-state index contributed by atoms with van der Waals surface area (Å²) in [7, 11) is 0. The summed E-state index contributed by atoms with van der Waals surface area (Å²) >= 11 is 0. The van der Waals surface area contributed by atoms with Crippen LogP contribution in [0.2, 0.25) is 0 Å². The molecule has 0 spiro atoms. The lowest BCUT2D eigenvalue weighted by atomic mass is 10.2. The summed E-state index contributed by atoms with van der Waals surface area (Å²) in [6.45, 7) is 7.98. The number of rotatable bonds is 6. The lowest BCUT2D eigenvalue weighted by Gasteiger charge is -2.19. The Morgan fingerprint density at radius 1 is 1.27 bits per heavy atom. The first-order valence-electron chi connectivity index (χ1n) is 7.41. The molecule has 2 aromatic rings. The van der Waals surface area contributed by atoms with Crippen molar-refractivity contribution >= 4 is 11.9 Å². The van der Waals surface area contributed by atoms with E-state index in [1.54, 1.807) is 18.5 Å². The molecule has 0 aromatic carbocycles. The SMILES string of the molecule is CCN(CC)c1nc(C)cc(C(=O)NCc2cccnc2)n1. The Labute approximate surface area is 130 Å². The predicted molar refractivity (Wildman–Crippen MR) is 85.7 cm³/mol. The van der Waals surface area contributed by atoms with Gasteiger partial charge in [-0.2, -0.15) is 0 Å². The Bertz CT molecular complexity index is 626. The number of carbonyl (C=O) groups is 1. The van der Waals surface area contributed by atoms with Crippen molar-refractivity contribution in [3.05, 3.63) is 47.5 Å². The molecule has 0 aliphatic carbocycles. The second kappa shape index (κ2) is 7.49. The second-order valence-corrected chi connectivity index (χ2v) is 4.91. The topological polar surface area (TPSA) is 71.0 Å². The monoisotopic (exact) mass is 299 g/mol. The van der Waals surface area contributed by atoms with Gasteiger partial charge in [0, 0.05) is 37.7 Å². The van der Waals surface area contributed by atoms with Crippen LogP contribution in [0.3, 0.4) is 0 Å². The number of nitrogens with one attached hydrogen (secondary N) is 1. The second-order valence-electron chi connectivity index (χ2n) is 4.91. The zero-order valence-corrected chi connectivity index (χ0v) is 13.2. The fourth-order valence-electron chi connectivity index (χ4n) is 2.09. The van der Waals surface area contributed by atoms with Crippen LogP contribution in [0.25, 0.3) is 0 Å². The quantitative estimate of drug-likeness (QED) is 0.883. The summed E-state index contributed by atoms with van der Waals surface area (Å²) in [4.78, 5) is 27.1. The molecular formula is C16H21N5O. The lowest BCUT2D eigenvalue weighted by Crippen LogP contribution is -2.28. The van der Waals surface area contributed by atoms with Crippen LogP contribution in [-0.4, -0.2) is 33.9 Å². The van der Waals surface area contributed by atoms with Gasteiger partial charge in [-0.3, -0.25) is 9.78 Å². The highest BCUT2D eigenvalue weighted by atomic mass is 16.1. The minimum atomic E-state index is -0.206. The molecule has 2 heterocycles. The highest BCUT2D eigenvalue weighted by Crippen LogP contribution is 2.10. The minimum absolute atomic E-state index is 0.206. The van der Waals surface area contributed by atoms with Crippen molar-refractivity contribution in [1.29, 1.82) is 0 Å². The molecule has 0 aliphatic rings. The van der Waals surface area contributed by atoms with Crippen LogP contribution in [0.5, 0.6) is 0 Å². The fourth-order valence-corrected chi connectivity index (χ4v) is 2.09. The maximum atomic E-state index is 12.3. The van der Waals surface area contributed by atoms with Crippen LogP contribution in [0.1, 0.15) is 35.6 Å². The molecule has 116 valence electrons. The van der Waals surface area contributed by atoms with Gasteiger partial charge in [-0.1, -0.05) is 6.07 Å². The van der Waals surface area contributed by atoms with E-state index in [2.05, 4.69) is 20.3 Å². The fraction of sp³-hybridized carbons (Fsp3) is 0.375. The molecule has 0 aliphatic heterocycles. The van der Waals surface area contributed by atoms with Crippen molar-refractivity contribution in [3.8, 4) is 0 Å². The van der Waals surface area contributed by atoms with E-state index in [4.69, 9.17) is 0 Å². The van der Waals surface area contributed by atoms with Crippen molar-refractivity contribution in [3.63, 3.8) is 0 Å². The average Bonchev–Trinajstić information content (AvgIpc) is 2.54. The molecule has 2 rings (SSSR count). The first-order chi connectivity index (χ1) is 10.6. The molecule has 0 fully saturated rings. The number of hydrogen-bond acceptors (Lipinski definition) is 5. The maximum absolute atomic E-state index is 12.3. The van der Waals surface area contributed by atoms with Gasteiger partial charge in [0.25, 0.3) is 5.91 Å². The summed E-state index contributed by atoms with van der Waals surface area (Å²) < 4.78 is 0. The van der Waals surface area contributed by atoms with Crippen molar-refractivity contribution in [1.82, 2.24) is 20.3 Å². The Morgan fingerprint density at radius 2 is 2.05 bits per heavy atom. The molecule has 0 saturated carbocycles. The van der Waals surface area contributed by atoms with Gasteiger partial charge in [0.05, 0.1) is 0 Å². The van der Waals surface area contributed by atoms with E-state index >= 15 is 0 Å².